The molecule has 1 aliphatic carbocycles. The van der Waals surface area contributed by atoms with E-state index in [0.29, 0.717) is 0 Å². The molecule has 76 heavy (non-hydrogen) atoms. The van der Waals surface area contributed by atoms with Crippen LogP contribution >= 0.6 is 0 Å². The van der Waals surface area contributed by atoms with Gasteiger partial charge in [0.1, 0.15) is 11.2 Å². The third kappa shape index (κ3) is 6.90. The van der Waals surface area contributed by atoms with Gasteiger partial charge >= 0.3 is 0 Å². The number of hydrogen-bond acceptors (Lipinski definition) is 2. The van der Waals surface area contributed by atoms with Crippen LogP contribution in [0.4, 0.5) is 17.1 Å². The molecule has 356 valence electrons. The fourth-order valence-electron chi connectivity index (χ4n) is 12.4. The molecular weight excluding hydrogens is 921 g/mol. The van der Waals surface area contributed by atoms with Gasteiger partial charge in [-0.2, -0.15) is 0 Å². The summed E-state index contributed by atoms with van der Waals surface area (Å²) in [6.07, 6.45) is 0. The average Bonchev–Trinajstić information content (AvgIpc) is 4.27. The molecule has 3 heteroatoms. The minimum atomic E-state index is -0.481. The SMILES string of the molecule is c1ccc(C2(c3ccc(N(c4ccc(-c5ccc(-n6c7ccccc7c7ccccc76)cc5)cc4)c4ccc(-c5cccc(-c6ccc7oc8ccccc8c7c6)c5)cc4)cc3)c3ccccc3-c3ccccc32)cc1. The lowest BCUT2D eigenvalue weighted by Gasteiger charge is -2.34. The van der Waals surface area contributed by atoms with Crippen LogP contribution in [0.25, 0.3) is 93.9 Å². The van der Waals surface area contributed by atoms with Crippen molar-refractivity contribution in [1.29, 1.82) is 0 Å². The fourth-order valence-corrected chi connectivity index (χ4v) is 12.4. The highest BCUT2D eigenvalue weighted by atomic mass is 16.3. The van der Waals surface area contributed by atoms with Crippen molar-refractivity contribution < 1.29 is 4.42 Å². The van der Waals surface area contributed by atoms with Gasteiger partial charge in [-0.05, 0) is 152 Å². The molecule has 14 aromatic rings. The molecule has 0 fully saturated rings. The third-order valence-electron chi connectivity index (χ3n) is 15.9. The number of furan rings is 1. The summed E-state index contributed by atoms with van der Waals surface area (Å²) >= 11 is 0. The molecule has 12 aromatic carbocycles. The maximum absolute atomic E-state index is 6.17. The van der Waals surface area contributed by atoms with E-state index >= 15 is 0 Å². The molecule has 0 bridgehead atoms. The van der Waals surface area contributed by atoms with Crippen molar-refractivity contribution in [2.75, 3.05) is 4.90 Å². The number of rotatable bonds is 9. The Labute approximate surface area is 441 Å². The number of anilines is 3. The van der Waals surface area contributed by atoms with Crippen LogP contribution in [0.5, 0.6) is 0 Å². The van der Waals surface area contributed by atoms with Gasteiger partial charge in [-0.1, -0.05) is 206 Å². The highest BCUT2D eigenvalue weighted by molar-refractivity contribution is 6.09. The van der Waals surface area contributed by atoms with Crippen molar-refractivity contribution in [2.24, 2.45) is 0 Å². The van der Waals surface area contributed by atoms with E-state index in [-0.39, 0.29) is 0 Å². The van der Waals surface area contributed by atoms with E-state index < -0.39 is 5.41 Å². The normalized spacial score (nSPS) is 12.6. The zero-order valence-corrected chi connectivity index (χ0v) is 41.5. The lowest BCUT2D eigenvalue weighted by molar-refractivity contribution is 0.669. The van der Waals surface area contributed by atoms with Gasteiger partial charge in [0.25, 0.3) is 0 Å². The summed E-state index contributed by atoms with van der Waals surface area (Å²) in [6, 6.07) is 106. The molecule has 0 saturated carbocycles. The number of para-hydroxylation sites is 3. The van der Waals surface area contributed by atoms with Crippen molar-refractivity contribution >= 4 is 60.8 Å². The van der Waals surface area contributed by atoms with E-state index in [1.165, 1.54) is 60.8 Å². The van der Waals surface area contributed by atoms with Crippen LogP contribution in [0.1, 0.15) is 22.3 Å². The van der Waals surface area contributed by atoms with E-state index in [1.54, 1.807) is 0 Å². The molecule has 2 aromatic heterocycles. The molecular formula is C73H48N2O. The molecule has 0 radical (unpaired) electrons. The van der Waals surface area contributed by atoms with Gasteiger partial charge in [-0.3, -0.25) is 0 Å². The highest BCUT2D eigenvalue weighted by Gasteiger charge is 2.45. The Balaban J connectivity index is 0.808. The van der Waals surface area contributed by atoms with Crippen LogP contribution in [0, 0.1) is 0 Å². The van der Waals surface area contributed by atoms with Gasteiger partial charge in [0.15, 0.2) is 0 Å². The first-order chi connectivity index (χ1) is 37.7. The number of hydrogen-bond donors (Lipinski definition) is 0. The molecule has 0 aliphatic heterocycles. The summed E-state index contributed by atoms with van der Waals surface area (Å²) in [5.74, 6) is 0. The van der Waals surface area contributed by atoms with Gasteiger partial charge < -0.3 is 13.9 Å². The number of benzene rings is 12. The van der Waals surface area contributed by atoms with Crippen molar-refractivity contribution in [3.05, 3.63) is 313 Å². The Morgan fingerprint density at radius 3 is 1.34 bits per heavy atom. The van der Waals surface area contributed by atoms with E-state index in [4.69, 9.17) is 4.42 Å². The first-order valence-corrected chi connectivity index (χ1v) is 26.1. The molecule has 0 spiro atoms. The molecule has 2 heterocycles. The van der Waals surface area contributed by atoms with E-state index in [9.17, 15) is 0 Å². The molecule has 0 amide bonds. The minimum Gasteiger partial charge on any atom is -0.456 e. The zero-order valence-electron chi connectivity index (χ0n) is 41.5. The van der Waals surface area contributed by atoms with Crippen LogP contribution in [-0.2, 0) is 5.41 Å². The lowest BCUT2D eigenvalue weighted by atomic mass is 9.68. The van der Waals surface area contributed by atoms with Crippen LogP contribution < -0.4 is 4.90 Å². The average molecular weight is 969 g/mol. The third-order valence-corrected chi connectivity index (χ3v) is 15.9. The molecule has 15 rings (SSSR count). The van der Waals surface area contributed by atoms with Crippen LogP contribution in [-0.4, -0.2) is 4.57 Å². The van der Waals surface area contributed by atoms with Gasteiger partial charge in [0.05, 0.1) is 16.4 Å². The van der Waals surface area contributed by atoms with Crippen molar-refractivity contribution in [3.8, 4) is 50.2 Å². The Morgan fingerprint density at radius 1 is 0.289 bits per heavy atom. The first kappa shape index (κ1) is 43.6. The quantitative estimate of drug-likeness (QED) is 0.144. The first-order valence-electron chi connectivity index (χ1n) is 26.1. The molecule has 1 aliphatic rings. The largest absolute Gasteiger partial charge is 0.456 e. The van der Waals surface area contributed by atoms with Crippen LogP contribution in [0.3, 0.4) is 0 Å². The Kier molecular flexibility index (Phi) is 10.1. The summed E-state index contributed by atoms with van der Waals surface area (Å²) in [5, 5.41) is 4.79. The predicted molar refractivity (Wildman–Crippen MR) is 316 cm³/mol. The second-order valence-corrected chi connectivity index (χ2v) is 20.0. The second kappa shape index (κ2) is 17.6. The molecule has 3 nitrogen and oxygen atoms in total. The summed E-state index contributed by atoms with van der Waals surface area (Å²) in [4.78, 5) is 2.38. The van der Waals surface area contributed by atoms with Crippen molar-refractivity contribution in [2.45, 2.75) is 5.41 Å². The second-order valence-electron chi connectivity index (χ2n) is 20.0. The highest BCUT2D eigenvalue weighted by Crippen LogP contribution is 2.56. The van der Waals surface area contributed by atoms with E-state index in [0.717, 1.165) is 72.5 Å². The molecule has 0 N–H and O–H groups in total. The van der Waals surface area contributed by atoms with Crippen molar-refractivity contribution in [3.63, 3.8) is 0 Å². The molecule has 0 saturated heterocycles. The smallest absolute Gasteiger partial charge is 0.135 e. The van der Waals surface area contributed by atoms with Gasteiger partial charge in [0.2, 0.25) is 0 Å². The summed E-state index contributed by atoms with van der Waals surface area (Å²) in [6.45, 7) is 0. The van der Waals surface area contributed by atoms with Gasteiger partial charge in [-0.15, -0.1) is 0 Å². The number of fused-ring (bicyclic) bond motifs is 9. The zero-order chi connectivity index (χ0) is 50.2. The Morgan fingerprint density at radius 2 is 0.724 bits per heavy atom. The molecule has 0 atom stereocenters. The van der Waals surface area contributed by atoms with E-state index in [1.807, 2.05) is 12.1 Å². The van der Waals surface area contributed by atoms with E-state index in [2.05, 4.69) is 289 Å². The Bertz CT molecular complexity index is 4390. The van der Waals surface area contributed by atoms with Crippen LogP contribution in [0.2, 0.25) is 0 Å². The standard InChI is InChI=1S/C73H48N2O/c1-2-17-55(18-3-1)73(67-24-9-4-19-61(67)62-20-5-10-25-68(62)73)56-36-44-59(45-37-56)74(57-38-29-49(30-39-57)50-31-42-60(43-32-50)75-69-26-11-6-21-63(69)64-22-7-12-27-70(64)75)58-40-33-51(34-41-58)52-15-14-16-53(47-52)54-35-46-72-66(48-54)65-23-8-13-28-71(65)76-72/h1-48H. The van der Waals surface area contributed by atoms with Gasteiger partial charge in [-0.25, -0.2) is 0 Å². The number of aromatic nitrogens is 1. The fraction of sp³-hybridized carbons (Fsp3) is 0.0137. The van der Waals surface area contributed by atoms with Crippen LogP contribution in [0.15, 0.2) is 296 Å². The minimum absolute atomic E-state index is 0.481. The summed E-state index contributed by atoms with van der Waals surface area (Å²) in [5.41, 5.74) is 22.7. The summed E-state index contributed by atoms with van der Waals surface area (Å²) < 4.78 is 8.54. The maximum atomic E-state index is 6.17. The van der Waals surface area contributed by atoms with Gasteiger partial charge in [0, 0.05) is 44.3 Å². The number of nitrogens with zero attached hydrogens (tertiary/aromatic N) is 2. The lowest BCUT2D eigenvalue weighted by Crippen LogP contribution is -2.28. The Hall–Kier alpha value is -9.96. The molecule has 0 unspecified atom stereocenters. The van der Waals surface area contributed by atoms with Crippen molar-refractivity contribution in [1.82, 2.24) is 4.57 Å². The summed E-state index contributed by atoms with van der Waals surface area (Å²) in [7, 11) is 0. The predicted octanol–water partition coefficient (Wildman–Crippen LogP) is 19.5. The maximum Gasteiger partial charge on any atom is 0.135 e. The topological polar surface area (TPSA) is 21.3 Å². The monoisotopic (exact) mass is 968 g/mol.